The molecule has 2 heteroatoms. The summed E-state index contributed by atoms with van der Waals surface area (Å²) in [5.41, 5.74) is 1.47. The molecule has 22 heavy (non-hydrogen) atoms. The Morgan fingerprint density at radius 3 is 2.32 bits per heavy atom. The number of amides is 1. The van der Waals surface area contributed by atoms with Crippen molar-refractivity contribution in [1.29, 1.82) is 0 Å². The fraction of sp³-hybridized carbons (Fsp3) is 0.650. The first-order valence-electron chi connectivity index (χ1n) is 9.15. The first-order chi connectivity index (χ1) is 10.8. The van der Waals surface area contributed by atoms with Gasteiger partial charge in [-0.25, -0.2) is 0 Å². The largest absolute Gasteiger partial charge is 0.353 e. The van der Waals surface area contributed by atoms with Gasteiger partial charge in [0.2, 0.25) is 5.91 Å². The van der Waals surface area contributed by atoms with E-state index < -0.39 is 0 Å². The molecule has 1 amide bonds. The first-order valence-corrected chi connectivity index (χ1v) is 9.15. The lowest BCUT2D eigenvalue weighted by atomic mass is 9.82. The average molecular weight is 299 g/mol. The van der Waals surface area contributed by atoms with Gasteiger partial charge in [0.05, 0.1) is 0 Å². The highest BCUT2D eigenvalue weighted by atomic mass is 16.1. The van der Waals surface area contributed by atoms with Crippen molar-refractivity contribution in [2.75, 3.05) is 0 Å². The molecule has 0 heterocycles. The fourth-order valence-electron chi connectivity index (χ4n) is 4.23. The number of rotatable bonds is 5. The number of benzene rings is 1. The Balaban J connectivity index is 1.37. The third-order valence-corrected chi connectivity index (χ3v) is 5.62. The highest BCUT2D eigenvalue weighted by Crippen LogP contribution is 2.33. The summed E-state index contributed by atoms with van der Waals surface area (Å²) in [6, 6.07) is 11.2. The van der Waals surface area contributed by atoms with Crippen molar-refractivity contribution in [3.63, 3.8) is 0 Å². The highest BCUT2D eigenvalue weighted by Gasteiger charge is 2.23. The van der Waals surface area contributed by atoms with Crippen molar-refractivity contribution in [2.45, 2.75) is 76.2 Å². The summed E-state index contributed by atoms with van der Waals surface area (Å²) >= 11 is 0. The van der Waals surface area contributed by atoms with Crippen molar-refractivity contribution in [2.24, 2.45) is 5.92 Å². The molecule has 2 aliphatic carbocycles. The molecule has 0 atom stereocenters. The maximum Gasteiger partial charge on any atom is 0.220 e. The average Bonchev–Trinajstić information content (AvgIpc) is 3.08. The maximum absolute atomic E-state index is 12.1. The van der Waals surface area contributed by atoms with Crippen molar-refractivity contribution in [1.82, 2.24) is 5.32 Å². The van der Waals surface area contributed by atoms with Crippen LogP contribution in [0.5, 0.6) is 0 Å². The van der Waals surface area contributed by atoms with E-state index in [4.69, 9.17) is 0 Å². The van der Waals surface area contributed by atoms with E-state index >= 15 is 0 Å². The Morgan fingerprint density at radius 1 is 0.955 bits per heavy atom. The lowest BCUT2D eigenvalue weighted by molar-refractivity contribution is -0.122. The van der Waals surface area contributed by atoms with Crippen LogP contribution in [-0.4, -0.2) is 11.9 Å². The number of nitrogens with one attached hydrogen (secondary N) is 1. The molecular weight excluding hydrogens is 270 g/mol. The maximum atomic E-state index is 12.1. The van der Waals surface area contributed by atoms with Crippen LogP contribution in [-0.2, 0) is 4.79 Å². The van der Waals surface area contributed by atoms with E-state index in [1.807, 2.05) is 0 Å². The van der Waals surface area contributed by atoms with Crippen molar-refractivity contribution in [3.05, 3.63) is 35.9 Å². The molecule has 120 valence electrons. The van der Waals surface area contributed by atoms with Gasteiger partial charge in [-0.15, -0.1) is 0 Å². The van der Waals surface area contributed by atoms with Crippen LogP contribution in [0.25, 0.3) is 0 Å². The molecule has 2 saturated carbocycles. The van der Waals surface area contributed by atoms with Gasteiger partial charge in [-0.2, -0.15) is 0 Å². The van der Waals surface area contributed by atoms with Crippen molar-refractivity contribution < 1.29 is 4.79 Å². The molecule has 1 aromatic carbocycles. The minimum Gasteiger partial charge on any atom is -0.353 e. The van der Waals surface area contributed by atoms with Gasteiger partial charge in [-0.05, 0) is 49.5 Å². The molecule has 0 spiro atoms. The predicted molar refractivity (Wildman–Crippen MR) is 90.8 cm³/mol. The van der Waals surface area contributed by atoms with Crippen LogP contribution in [0, 0.1) is 5.92 Å². The lowest BCUT2D eigenvalue weighted by Gasteiger charge is -2.29. The van der Waals surface area contributed by atoms with E-state index in [1.54, 1.807) is 0 Å². The second-order valence-corrected chi connectivity index (χ2v) is 7.22. The van der Waals surface area contributed by atoms with Gasteiger partial charge in [0.25, 0.3) is 0 Å². The van der Waals surface area contributed by atoms with Gasteiger partial charge in [0.15, 0.2) is 0 Å². The second kappa shape index (κ2) is 7.80. The van der Waals surface area contributed by atoms with Gasteiger partial charge in [0.1, 0.15) is 0 Å². The molecule has 0 saturated heterocycles. The van der Waals surface area contributed by atoms with Crippen molar-refractivity contribution >= 4 is 5.91 Å². The topological polar surface area (TPSA) is 29.1 Å². The molecule has 1 aromatic rings. The van der Waals surface area contributed by atoms with Crippen LogP contribution in [0.1, 0.15) is 75.7 Å². The van der Waals surface area contributed by atoms with Gasteiger partial charge in [-0.3, -0.25) is 4.79 Å². The molecule has 0 radical (unpaired) electrons. The van der Waals surface area contributed by atoms with Gasteiger partial charge < -0.3 is 5.32 Å². The molecule has 2 nitrogen and oxygen atoms in total. The Bertz CT molecular complexity index is 456. The van der Waals surface area contributed by atoms with E-state index in [9.17, 15) is 4.79 Å². The molecule has 2 fully saturated rings. The smallest absolute Gasteiger partial charge is 0.220 e. The summed E-state index contributed by atoms with van der Waals surface area (Å²) in [5, 5.41) is 3.28. The minimum absolute atomic E-state index is 0.287. The summed E-state index contributed by atoms with van der Waals surface area (Å²) in [5.74, 6) is 1.79. The summed E-state index contributed by atoms with van der Waals surface area (Å²) in [7, 11) is 0. The van der Waals surface area contributed by atoms with E-state index in [-0.39, 0.29) is 5.91 Å². The normalized spacial score (nSPS) is 26.0. The molecule has 0 unspecified atom stereocenters. The third-order valence-electron chi connectivity index (χ3n) is 5.62. The quantitative estimate of drug-likeness (QED) is 0.831. The van der Waals surface area contributed by atoms with Crippen LogP contribution < -0.4 is 5.32 Å². The summed E-state index contributed by atoms with van der Waals surface area (Å²) in [6.45, 7) is 0. The number of carbonyl (C=O) groups is 1. The number of hydrogen-bond acceptors (Lipinski definition) is 1. The van der Waals surface area contributed by atoms with E-state index in [1.165, 1.54) is 44.1 Å². The zero-order valence-electron chi connectivity index (χ0n) is 13.6. The van der Waals surface area contributed by atoms with Gasteiger partial charge in [-0.1, -0.05) is 56.0 Å². The zero-order valence-corrected chi connectivity index (χ0v) is 13.6. The number of hydrogen-bond donors (Lipinski definition) is 1. The van der Waals surface area contributed by atoms with Crippen LogP contribution in [0.4, 0.5) is 0 Å². The fourth-order valence-corrected chi connectivity index (χ4v) is 4.23. The summed E-state index contributed by atoms with van der Waals surface area (Å²) in [4.78, 5) is 12.1. The molecular formula is C20H29NO. The standard InChI is InChI=1S/C20H29NO/c22-20(15-10-16-6-4-5-7-16)21-19-13-11-18(12-14-19)17-8-2-1-3-9-17/h1-3,8-9,16,18-19H,4-7,10-15H2,(H,21,22). The predicted octanol–water partition coefficient (Wildman–Crippen LogP) is 4.80. The van der Waals surface area contributed by atoms with E-state index in [0.29, 0.717) is 12.0 Å². The first kappa shape index (κ1) is 15.6. The SMILES string of the molecule is O=C(CCC1CCCC1)NC1CCC(c2ccccc2)CC1. The Morgan fingerprint density at radius 2 is 1.64 bits per heavy atom. The van der Waals surface area contributed by atoms with Crippen LogP contribution in [0.3, 0.4) is 0 Å². The van der Waals surface area contributed by atoms with Gasteiger partial charge in [0, 0.05) is 12.5 Å². The van der Waals surface area contributed by atoms with Crippen LogP contribution in [0.2, 0.25) is 0 Å². The molecule has 0 aromatic heterocycles. The number of carbonyl (C=O) groups excluding carboxylic acids is 1. The van der Waals surface area contributed by atoms with Crippen LogP contribution >= 0.6 is 0 Å². The summed E-state index contributed by atoms with van der Waals surface area (Å²) < 4.78 is 0. The van der Waals surface area contributed by atoms with Gasteiger partial charge >= 0.3 is 0 Å². The second-order valence-electron chi connectivity index (χ2n) is 7.22. The minimum atomic E-state index is 0.287. The lowest BCUT2D eigenvalue weighted by Crippen LogP contribution is -2.37. The molecule has 0 bridgehead atoms. The van der Waals surface area contributed by atoms with Crippen LogP contribution in [0.15, 0.2) is 30.3 Å². The zero-order chi connectivity index (χ0) is 15.2. The van der Waals surface area contributed by atoms with E-state index in [0.717, 1.165) is 31.6 Å². The monoisotopic (exact) mass is 299 g/mol. The molecule has 2 aliphatic rings. The Kier molecular flexibility index (Phi) is 5.53. The third kappa shape index (κ3) is 4.34. The molecule has 3 rings (SSSR count). The van der Waals surface area contributed by atoms with Crippen molar-refractivity contribution in [3.8, 4) is 0 Å². The summed E-state index contributed by atoms with van der Waals surface area (Å²) in [6.07, 6.45) is 11.9. The highest BCUT2D eigenvalue weighted by molar-refractivity contribution is 5.76. The van der Waals surface area contributed by atoms with E-state index in [2.05, 4.69) is 35.6 Å². The molecule has 0 aliphatic heterocycles. The molecule has 1 N–H and O–H groups in total. The Hall–Kier alpha value is -1.31. The Labute approximate surface area is 134 Å².